The maximum absolute atomic E-state index is 12.4. The third kappa shape index (κ3) is 3.32. The van der Waals surface area contributed by atoms with Crippen molar-refractivity contribution in [1.82, 2.24) is 4.98 Å². The second-order valence-electron chi connectivity index (χ2n) is 6.05. The first-order valence-corrected chi connectivity index (χ1v) is 9.56. The van der Waals surface area contributed by atoms with E-state index >= 15 is 0 Å². The minimum absolute atomic E-state index is 0.0255. The SMILES string of the molecule is COc1ccc2sc(N3CC(C(=O)Nc4ccc(Cl)c(Cl)c4)C3)nc2c1. The fourth-order valence-electron chi connectivity index (χ4n) is 2.78. The Balaban J connectivity index is 1.40. The summed E-state index contributed by atoms with van der Waals surface area (Å²) >= 11 is 13.5. The van der Waals surface area contributed by atoms with Crippen LogP contribution in [0.25, 0.3) is 10.2 Å². The van der Waals surface area contributed by atoms with Gasteiger partial charge in [-0.25, -0.2) is 4.98 Å². The van der Waals surface area contributed by atoms with Crippen LogP contribution in [0.3, 0.4) is 0 Å². The highest BCUT2D eigenvalue weighted by Gasteiger charge is 2.34. The Kier molecular flexibility index (Phi) is 4.65. The molecule has 1 saturated heterocycles. The predicted molar refractivity (Wildman–Crippen MR) is 107 cm³/mol. The molecule has 8 heteroatoms. The zero-order valence-corrected chi connectivity index (χ0v) is 16.2. The van der Waals surface area contributed by atoms with Crippen LogP contribution in [-0.4, -0.2) is 31.1 Å². The van der Waals surface area contributed by atoms with E-state index in [1.807, 2.05) is 18.2 Å². The molecule has 0 spiro atoms. The molecule has 4 rings (SSSR count). The van der Waals surface area contributed by atoms with Gasteiger partial charge >= 0.3 is 0 Å². The molecule has 2 aromatic carbocycles. The van der Waals surface area contributed by atoms with Crippen LogP contribution < -0.4 is 15.0 Å². The molecule has 0 radical (unpaired) electrons. The lowest BCUT2D eigenvalue weighted by Gasteiger charge is -2.37. The molecular weight excluding hydrogens is 393 g/mol. The first kappa shape index (κ1) is 17.4. The molecule has 0 aliphatic carbocycles. The van der Waals surface area contributed by atoms with Gasteiger partial charge in [0.15, 0.2) is 5.13 Å². The lowest BCUT2D eigenvalue weighted by Crippen LogP contribution is -2.52. The summed E-state index contributed by atoms with van der Waals surface area (Å²) in [5, 5.41) is 4.69. The Bertz CT molecular complexity index is 986. The number of carbonyl (C=O) groups is 1. The number of nitrogens with zero attached hydrogens (tertiary/aromatic N) is 2. The Morgan fingerprint density at radius 1 is 1.23 bits per heavy atom. The highest BCUT2D eigenvalue weighted by atomic mass is 35.5. The first-order chi connectivity index (χ1) is 12.5. The average Bonchev–Trinajstić information content (AvgIpc) is 2.99. The Labute approximate surface area is 164 Å². The quantitative estimate of drug-likeness (QED) is 0.681. The molecular formula is C18H15Cl2N3O2S. The predicted octanol–water partition coefficient (Wildman–Crippen LogP) is 4.69. The van der Waals surface area contributed by atoms with E-state index in [-0.39, 0.29) is 11.8 Å². The summed E-state index contributed by atoms with van der Waals surface area (Å²) in [7, 11) is 1.64. The maximum Gasteiger partial charge on any atom is 0.231 e. The molecule has 1 fully saturated rings. The normalized spacial score (nSPS) is 14.3. The van der Waals surface area contributed by atoms with Gasteiger partial charge in [-0.05, 0) is 30.3 Å². The van der Waals surface area contributed by atoms with Crippen LogP contribution in [0.15, 0.2) is 36.4 Å². The highest BCUT2D eigenvalue weighted by Crippen LogP contribution is 2.35. The molecule has 1 N–H and O–H groups in total. The minimum Gasteiger partial charge on any atom is -0.497 e. The number of methoxy groups -OCH3 is 1. The number of amides is 1. The van der Waals surface area contributed by atoms with Crippen molar-refractivity contribution in [2.75, 3.05) is 30.4 Å². The fourth-order valence-corrected chi connectivity index (χ4v) is 4.04. The zero-order chi connectivity index (χ0) is 18.3. The van der Waals surface area contributed by atoms with Crippen LogP contribution in [0.2, 0.25) is 10.0 Å². The number of ether oxygens (including phenoxy) is 1. The van der Waals surface area contributed by atoms with Gasteiger partial charge in [-0.2, -0.15) is 0 Å². The van der Waals surface area contributed by atoms with E-state index in [0.717, 1.165) is 21.1 Å². The number of halogens is 2. The van der Waals surface area contributed by atoms with Gasteiger partial charge < -0.3 is 15.0 Å². The Morgan fingerprint density at radius 3 is 2.77 bits per heavy atom. The molecule has 0 atom stereocenters. The van der Waals surface area contributed by atoms with Gasteiger partial charge in [0.2, 0.25) is 5.91 Å². The molecule has 0 saturated carbocycles. The van der Waals surface area contributed by atoms with Crippen molar-refractivity contribution in [1.29, 1.82) is 0 Å². The minimum atomic E-state index is -0.0778. The van der Waals surface area contributed by atoms with Crippen LogP contribution in [0.4, 0.5) is 10.8 Å². The number of aromatic nitrogens is 1. The number of fused-ring (bicyclic) bond motifs is 1. The van der Waals surface area contributed by atoms with Gasteiger partial charge in [0.05, 0.1) is 33.3 Å². The third-order valence-electron chi connectivity index (χ3n) is 4.29. The first-order valence-electron chi connectivity index (χ1n) is 7.99. The number of hydrogen-bond donors (Lipinski definition) is 1. The number of hydrogen-bond acceptors (Lipinski definition) is 5. The van der Waals surface area contributed by atoms with Gasteiger partial charge in [0, 0.05) is 24.8 Å². The van der Waals surface area contributed by atoms with E-state index in [4.69, 9.17) is 27.9 Å². The van der Waals surface area contributed by atoms with Gasteiger partial charge in [-0.1, -0.05) is 34.5 Å². The van der Waals surface area contributed by atoms with Crippen LogP contribution in [0, 0.1) is 5.92 Å². The molecule has 1 amide bonds. The van der Waals surface area contributed by atoms with E-state index in [0.29, 0.717) is 28.8 Å². The Morgan fingerprint density at radius 2 is 2.04 bits per heavy atom. The van der Waals surface area contributed by atoms with Crippen molar-refractivity contribution in [3.05, 3.63) is 46.4 Å². The number of rotatable bonds is 4. The average molecular weight is 408 g/mol. The van der Waals surface area contributed by atoms with E-state index in [9.17, 15) is 4.79 Å². The molecule has 1 aromatic heterocycles. The van der Waals surface area contributed by atoms with Crippen molar-refractivity contribution in [3.8, 4) is 5.75 Å². The summed E-state index contributed by atoms with van der Waals surface area (Å²) < 4.78 is 6.34. The maximum atomic E-state index is 12.4. The van der Waals surface area contributed by atoms with Crippen molar-refractivity contribution < 1.29 is 9.53 Å². The van der Waals surface area contributed by atoms with Gasteiger partial charge in [-0.15, -0.1) is 0 Å². The van der Waals surface area contributed by atoms with Crippen molar-refractivity contribution in [2.24, 2.45) is 5.92 Å². The lowest BCUT2D eigenvalue weighted by atomic mass is 10.00. The van der Waals surface area contributed by atoms with E-state index in [1.54, 1.807) is 36.6 Å². The second kappa shape index (κ2) is 6.95. The fraction of sp³-hybridized carbons (Fsp3) is 0.222. The topological polar surface area (TPSA) is 54.5 Å². The number of anilines is 2. The molecule has 26 heavy (non-hydrogen) atoms. The van der Waals surface area contributed by atoms with Crippen LogP contribution >= 0.6 is 34.5 Å². The van der Waals surface area contributed by atoms with Gasteiger partial charge in [-0.3, -0.25) is 4.79 Å². The van der Waals surface area contributed by atoms with Gasteiger partial charge in [0.1, 0.15) is 5.75 Å². The van der Waals surface area contributed by atoms with Crippen LogP contribution in [-0.2, 0) is 4.79 Å². The number of carbonyl (C=O) groups excluding carboxylic acids is 1. The van der Waals surface area contributed by atoms with Crippen molar-refractivity contribution >= 4 is 61.5 Å². The summed E-state index contributed by atoms with van der Waals surface area (Å²) in [5.74, 6) is 0.685. The van der Waals surface area contributed by atoms with Crippen LogP contribution in [0.5, 0.6) is 5.75 Å². The summed E-state index contributed by atoms with van der Waals surface area (Å²) in [5.41, 5.74) is 1.56. The molecule has 0 unspecified atom stereocenters. The van der Waals surface area contributed by atoms with Crippen molar-refractivity contribution in [3.63, 3.8) is 0 Å². The molecule has 1 aliphatic heterocycles. The Hall–Kier alpha value is -2.02. The molecule has 3 aromatic rings. The molecule has 1 aliphatic rings. The summed E-state index contributed by atoms with van der Waals surface area (Å²) in [6, 6.07) is 10.9. The molecule has 2 heterocycles. The standard InChI is InChI=1S/C18H15Cl2N3O2S/c1-25-12-3-5-16-15(7-12)22-18(26-16)23-8-10(9-23)17(24)21-11-2-4-13(19)14(20)6-11/h2-7,10H,8-9H2,1H3,(H,21,24). The second-order valence-corrected chi connectivity index (χ2v) is 7.87. The van der Waals surface area contributed by atoms with Crippen LogP contribution in [0.1, 0.15) is 0 Å². The monoisotopic (exact) mass is 407 g/mol. The molecule has 5 nitrogen and oxygen atoms in total. The van der Waals surface area contributed by atoms with Gasteiger partial charge in [0.25, 0.3) is 0 Å². The number of nitrogens with one attached hydrogen (secondary N) is 1. The summed E-state index contributed by atoms with van der Waals surface area (Å²) in [6.45, 7) is 1.29. The van der Waals surface area contributed by atoms with E-state index in [1.165, 1.54) is 0 Å². The third-order valence-corrected chi connectivity index (χ3v) is 6.13. The summed E-state index contributed by atoms with van der Waals surface area (Å²) in [4.78, 5) is 19.1. The van der Waals surface area contributed by atoms with E-state index in [2.05, 4.69) is 15.2 Å². The molecule has 0 bridgehead atoms. The number of benzene rings is 2. The lowest BCUT2D eigenvalue weighted by molar-refractivity contribution is -0.120. The van der Waals surface area contributed by atoms with E-state index < -0.39 is 0 Å². The molecule has 134 valence electrons. The zero-order valence-electron chi connectivity index (χ0n) is 13.8. The largest absolute Gasteiger partial charge is 0.497 e. The smallest absolute Gasteiger partial charge is 0.231 e. The number of thiazole rings is 1. The highest BCUT2D eigenvalue weighted by molar-refractivity contribution is 7.22. The summed E-state index contributed by atoms with van der Waals surface area (Å²) in [6.07, 6.45) is 0. The van der Waals surface area contributed by atoms with Crippen molar-refractivity contribution in [2.45, 2.75) is 0 Å².